The molecule has 1 saturated heterocycles. The Morgan fingerprint density at radius 3 is 2.82 bits per heavy atom. The Morgan fingerprint density at radius 2 is 2.04 bits per heavy atom. The van der Waals surface area contributed by atoms with Crippen LogP contribution in [-0.2, 0) is 9.59 Å². The van der Waals surface area contributed by atoms with Crippen molar-refractivity contribution < 1.29 is 14.3 Å². The molecule has 2 amide bonds. The Morgan fingerprint density at radius 1 is 1.18 bits per heavy atom. The number of benzene rings is 1. The predicted molar refractivity (Wildman–Crippen MR) is 110 cm³/mol. The van der Waals surface area contributed by atoms with Crippen LogP contribution >= 0.6 is 0 Å². The van der Waals surface area contributed by atoms with Crippen molar-refractivity contribution in [3.63, 3.8) is 0 Å². The van der Waals surface area contributed by atoms with E-state index in [-0.39, 0.29) is 24.3 Å². The average Bonchev–Trinajstić information content (AvgIpc) is 3.53. The van der Waals surface area contributed by atoms with Crippen LogP contribution < -0.4 is 15.4 Å². The number of unbranched alkanes of at least 4 members (excludes halogenated alkanes) is 1. The van der Waals surface area contributed by atoms with Gasteiger partial charge in [0, 0.05) is 30.3 Å². The molecule has 28 heavy (non-hydrogen) atoms. The first-order valence-electron chi connectivity index (χ1n) is 10.7. The first-order valence-corrected chi connectivity index (χ1v) is 10.7. The number of ether oxygens (including phenoxy) is 1. The maximum atomic E-state index is 12.0. The molecule has 1 aliphatic carbocycles. The lowest BCUT2D eigenvalue weighted by Crippen LogP contribution is -2.38. The van der Waals surface area contributed by atoms with Gasteiger partial charge >= 0.3 is 0 Å². The number of carbonyl (C=O) groups is 2. The molecule has 2 aliphatic rings. The van der Waals surface area contributed by atoms with Gasteiger partial charge in [-0.1, -0.05) is 12.5 Å². The molecule has 1 unspecified atom stereocenters. The molecule has 0 radical (unpaired) electrons. The molecule has 0 spiro atoms. The Labute approximate surface area is 168 Å². The summed E-state index contributed by atoms with van der Waals surface area (Å²) in [6.07, 6.45) is 8.00. The molecule has 1 saturated carbocycles. The third-order valence-corrected chi connectivity index (χ3v) is 5.55. The quantitative estimate of drug-likeness (QED) is 0.605. The van der Waals surface area contributed by atoms with E-state index < -0.39 is 0 Å². The van der Waals surface area contributed by atoms with Crippen molar-refractivity contribution in [2.75, 3.05) is 31.6 Å². The van der Waals surface area contributed by atoms with E-state index in [9.17, 15) is 9.59 Å². The van der Waals surface area contributed by atoms with Gasteiger partial charge in [0.05, 0.1) is 0 Å². The predicted octanol–water partition coefficient (Wildman–Crippen LogP) is 3.18. The zero-order valence-electron chi connectivity index (χ0n) is 16.9. The lowest BCUT2D eigenvalue weighted by Gasteiger charge is -2.33. The second-order valence-electron chi connectivity index (χ2n) is 8.02. The van der Waals surface area contributed by atoms with Gasteiger partial charge in [-0.25, -0.2) is 0 Å². The van der Waals surface area contributed by atoms with E-state index in [2.05, 4.69) is 22.5 Å². The highest BCUT2D eigenvalue weighted by Crippen LogP contribution is 2.30. The zero-order valence-corrected chi connectivity index (χ0v) is 16.9. The molecule has 2 fully saturated rings. The highest BCUT2D eigenvalue weighted by atomic mass is 16.5. The van der Waals surface area contributed by atoms with Crippen LogP contribution in [0.3, 0.4) is 0 Å². The summed E-state index contributed by atoms with van der Waals surface area (Å²) in [7, 11) is 0. The SMILES string of the molecule is CC1CCCCN1CCCCNC(=O)COc1cccc(NC(=O)C2CC2)c1. The van der Waals surface area contributed by atoms with Crippen molar-refractivity contribution in [3.8, 4) is 5.75 Å². The molecule has 1 aromatic rings. The summed E-state index contributed by atoms with van der Waals surface area (Å²) in [6.45, 7) is 5.31. The third-order valence-electron chi connectivity index (χ3n) is 5.55. The average molecular weight is 388 g/mol. The second kappa shape index (κ2) is 10.5. The van der Waals surface area contributed by atoms with E-state index in [0.717, 1.165) is 32.2 Å². The van der Waals surface area contributed by atoms with Crippen LogP contribution in [0.15, 0.2) is 24.3 Å². The number of nitrogens with zero attached hydrogens (tertiary/aromatic N) is 1. The standard InChI is InChI=1S/C22H33N3O3/c1-17-7-2-4-13-25(17)14-5-3-12-23-21(26)16-28-20-9-6-8-19(15-20)24-22(27)18-10-11-18/h6,8-9,15,17-18H,2-5,7,10-14,16H2,1H3,(H,23,26)(H,24,27). The smallest absolute Gasteiger partial charge is 0.257 e. The van der Waals surface area contributed by atoms with Gasteiger partial charge < -0.3 is 20.3 Å². The number of amides is 2. The fraction of sp³-hybridized carbons (Fsp3) is 0.636. The highest BCUT2D eigenvalue weighted by Gasteiger charge is 2.29. The van der Waals surface area contributed by atoms with Gasteiger partial charge in [0.2, 0.25) is 5.91 Å². The van der Waals surface area contributed by atoms with Crippen molar-refractivity contribution in [1.82, 2.24) is 10.2 Å². The first-order chi connectivity index (χ1) is 13.6. The van der Waals surface area contributed by atoms with Gasteiger partial charge in [-0.3, -0.25) is 9.59 Å². The first kappa shape index (κ1) is 20.6. The molecule has 0 bridgehead atoms. The summed E-state index contributed by atoms with van der Waals surface area (Å²) in [6, 6.07) is 7.89. The number of nitrogens with one attached hydrogen (secondary N) is 2. The van der Waals surface area contributed by atoms with Crippen LogP contribution in [0.25, 0.3) is 0 Å². The van der Waals surface area contributed by atoms with Crippen molar-refractivity contribution in [3.05, 3.63) is 24.3 Å². The topological polar surface area (TPSA) is 70.7 Å². The minimum atomic E-state index is -0.112. The normalized spacial score (nSPS) is 19.8. The van der Waals surface area contributed by atoms with Crippen molar-refractivity contribution >= 4 is 17.5 Å². The Kier molecular flexibility index (Phi) is 7.71. The Balaban J connectivity index is 1.28. The van der Waals surface area contributed by atoms with Crippen LogP contribution in [0.4, 0.5) is 5.69 Å². The molecule has 6 nitrogen and oxygen atoms in total. The molecule has 0 aromatic heterocycles. The summed E-state index contributed by atoms with van der Waals surface area (Å²) >= 11 is 0. The molecule has 1 heterocycles. The van der Waals surface area contributed by atoms with Crippen molar-refractivity contribution in [1.29, 1.82) is 0 Å². The molecule has 3 rings (SSSR count). The summed E-state index contributed by atoms with van der Waals surface area (Å²) in [5.74, 6) is 0.698. The monoisotopic (exact) mass is 387 g/mol. The van der Waals surface area contributed by atoms with Crippen LogP contribution in [0.1, 0.15) is 51.9 Å². The fourth-order valence-corrected chi connectivity index (χ4v) is 3.61. The minimum Gasteiger partial charge on any atom is -0.484 e. The van der Waals surface area contributed by atoms with E-state index in [0.29, 0.717) is 24.0 Å². The van der Waals surface area contributed by atoms with Gasteiger partial charge in [0.25, 0.3) is 5.91 Å². The summed E-state index contributed by atoms with van der Waals surface area (Å²) in [5, 5.41) is 5.81. The number of anilines is 1. The van der Waals surface area contributed by atoms with E-state index in [1.807, 2.05) is 12.1 Å². The van der Waals surface area contributed by atoms with Crippen LogP contribution in [-0.4, -0.2) is 49.0 Å². The van der Waals surface area contributed by atoms with Crippen LogP contribution in [0, 0.1) is 5.92 Å². The maximum absolute atomic E-state index is 12.0. The largest absolute Gasteiger partial charge is 0.484 e. The molecule has 1 aromatic carbocycles. The lowest BCUT2D eigenvalue weighted by atomic mass is 10.0. The molecular formula is C22H33N3O3. The van der Waals surface area contributed by atoms with Crippen LogP contribution in [0.2, 0.25) is 0 Å². The molecule has 1 aliphatic heterocycles. The molecule has 1 atom stereocenters. The minimum absolute atomic E-state index is 0.0107. The molecule has 154 valence electrons. The fourth-order valence-electron chi connectivity index (χ4n) is 3.61. The van der Waals surface area contributed by atoms with Gasteiger partial charge in [0.15, 0.2) is 6.61 Å². The van der Waals surface area contributed by atoms with Crippen molar-refractivity contribution in [2.24, 2.45) is 5.92 Å². The number of hydrogen-bond acceptors (Lipinski definition) is 4. The van der Waals surface area contributed by atoms with E-state index in [4.69, 9.17) is 4.74 Å². The summed E-state index contributed by atoms with van der Waals surface area (Å²) in [4.78, 5) is 26.4. The van der Waals surface area contributed by atoms with Gasteiger partial charge in [-0.2, -0.15) is 0 Å². The van der Waals surface area contributed by atoms with E-state index in [1.165, 1.54) is 25.8 Å². The maximum Gasteiger partial charge on any atom is 0.257 e. The number of piperidine rings is 1. The zero-order chi connectivity index (χ0) is 19.8. The molecular weight excluding hydrogens is 354 g/mol. The third kappa shape index (κ3) is 6.82. The van der Waals surface area contributed by atoms with E-state index >= 15 is 0 Å². The van der Waals surface area contributed by atoms with E-state index in [1.54, 1.807) is 12.1 Å². The number of likely N-dealkylation sites (tertiary alicyclic amines) is 1. The van der Waals surface area contributed by atoms with Gasteiger partial charge in [-0.15, -0.1) is 0 Å². The summed E-state index contributed by atoms with van der Waals surface area (Å²) < 4.78 is 5.56. The Bertz CT molecular complexity index is 660. The number of rotatable bonds is 10. The molecule has 2 N–H and O–H groups in total. The van der Waals surface area contributed by atoms with Gasteiger partial charge in [0.1, 0.15) is 5.75 Å². The summed E-state index contributed by atoms with van der Waals surface area (Å²) in [5.41, 5.74) is 0.710. The van der Waals surface area contributed by atoms with Crippen molar-refractivity contribution in [2.45, 2.75) is 57.9 Å². The lowest BCUT2D eigenvalue weighted by molar-refractivity contribution is -0.123. The van der Waals surface area contributed by atoms with Crippen LogP contribution in [0.5, 0.6) is 5.75 Å². The highest BCUT2D eigenvalue weighted by molar-refractivity contribution is 5.94. The number of hydrogen-bond donors (Lipinski definition) is 2. The number of carbonyl (C=O) groups excluding carboxylic acids is 2. The molecule has 6 heteroatoms. The second-order valence-corrected chi connectivity index (χ2v) is 8.02. The Hall–Kier alpha value is -2.08. The van der Waals surface area contributed by atoms with Gasteiger partial charge in [-0.05, 0) is 70.7 Å².